The summed E-state index contributed by atoms with van der Waals surface area (Å²) in [5, 5.41) is 4.39. The zero-order chi connectivity index (χ0) is 33.5. The zero-order valence-electron chi connectivity index (χ0n) is 27.4. The molecule has 8 nitrogen and oxygen atoms in total. The quantitative estimate of drug-likeness (QED) is 0.158. The van der Waals surface area contributed by atoms with Crippen LogP contribution in [0.5, 0.6) is 0 Å². The number of carbonyl (C=O) groups is 2. The second-order valence-electron chi connectivity index (χ2n) is 12.1. The van der Waals surface area contributed by atoms with Crippen molar-refractivity contribution < 1.29 is 19.1 Å². The van der Waals surface area contributed by atoms with Crippen molar-refractivity contribution in [3.05, 3.63) is 148 Å². The average molecular weight is 644 g/mol. The highest BCUT2D eigenvalue weighted by molar-refractivity contribution is 6.08. The van der Waals surface area contributed by atoms with Crippen LogP contribution in [0.3, 0.4) is 0 Å². The van der Waals surface area contributed by atoms with Gasteiger partial charge in [-0.25, -0.2) is 4.79 Å². The molecular weight excluding hydrogens is 602 g/mol. The molecule has 8 heteroatoms. The Bertz CT molecular complexity index is 1920. The van der Waals surface area contributed by atoms with Gasteiger partial charge in [-0.3, -0.25) is 19.1 Å². The van der Waals surface area contributed by atoms with E-state index in [1.54, 1.807) is 17.6 Å². The van der Waals surface area contributed by atoms with Crippen LogP contribution in [0.2, 0.25) is 0 Å². The molecule has 0 bridgehead atoms. The number of nitrogens with one attached hydrogen (secondary N) is 1. The topological polar surface area (TPSA) is 89.9 Å². The molecule has 48 heavy (non-hydrogen) atoms. The number of hydrogen-bond acceptors (Lipinski definition) is 6. The molecule has 1 aromatic heterocycles. The molecule has 1 aliphatic rings. The van der Waals surface area contributed by atoms with Crippen molar-refractivity contribution in [1.29, 1.82) is 0 Å². The smallest absolute Gasteiger partial charge is 0.435 e. The van der Waals surface area contributed by atoms with Gasteiger partial charge in [0, 0.05) is 48.9 Å². The number of pyridine rings is 1. The van der Waals surface area contributed by atoms with E-state index in [1.165, 1.54) is 0 Å². The van der Waals surface area contributed by atoms with Crippen LogP contribution in [0, 0.1) is 0 Å². The van der Waals surface area contributed by atoms with E-state index >= 15 is 0 Å². The lowest BCUT2D eigenvalue weighted by Gasteiger charge is -2.41. The largest absolute Gasteiger partial charge is 0.509 e. The van der Waals surface area contributed by atoms with E-state index in [1.807, 2.05) is 116 Å². The molecule has 0 radical (unpaired) electrons. The summed E-state index contributed by atoms with van der Waals surface area (Å²) in [6, 6.07) is 36.3. The summed E-state index contributed by atoms with van der Waals surface area (Å²) in [7, 11) is 0. The lowest BCUT2D eigenvalue weighted by atomic mass is 9.84. The summed E-state index contributed by atoms with van der Waals surface area (Å²) in [5.41, 5.74) is 2.68. The zero-order valence-corrected chi connectivity index (χ0v) is 27.4. The molecule has 5 aromatic rings. The van der Waals surface area contributed by atoms with Gasteiger partial charge in [-0.15, -0.1) is 0 Å². The second kappa shape index (κ2) is 14.7. The van der Waals surface area contributed by atoms with Gasteiger partial charge in [0.05, 0.1) is 23.9 Å². The number of amides is 1. The fraction of sp³-hybridized carbons (Fsp3) is 0.275. The number of benzene rings is 4. The molecule has 1 aliphatic heterocycles. The number of rotatable bonds is 10. The summed E-state index contributed by atoms with van der Waals surface area (Å²) in [4.78, 5) is 43.6. The van der Waals surface area contributed by atoms with Crippen LogP contribution in [0.1, 0.15) is 66.3 Å². The molecule has 1 amide bonds. The first-order valence-corrected chi connectivity index (χ1v) is 16.7. The van der Waals surface area contributed by atoms with E-state index in [-0.39, 0.29) is 24.1 Å². The molecule has 2 heterocycles. The van der Waals surface area contributed by atoms with Crippen LogP contribution < -0.4 is 10.9 Å². The third kappa shape index (κ3) is 6.75. The summed E-state index contributed by atoms with van der Waals surface area (Å²) in [6.07, 6.45) is 1.05. The minimum atomic E-state index is -0.850. The Kier molecular flexibility index (Phi) is 10.0. The third-order valence-corrected chi connectivity index (χ3v) is 9.22. The standard InChI is InChI=1S/C40H41N3O5/c1-3-34(29-16-8-5-9-17-29)41-37(44)36-32-22-14-15-23-33(32)38(45)43(31-20-12-7-13-21-31)35(36)28-42-26-24-40(25-27-42,48-39(46)47-4-2)30-18-10-6-11-19-30/h5-23,34H,3-4,24-28H2,1-2H3,(H,41,44). The first-order valence-electron chi connectivity index (χ1n) is 16.7. The fourth-order valence-electron chi connectivity index (χ4n) is 6.77. The van der Waals surface area contributed by atoms with Crippen molar-refractivity contribution in [2.24, 2.45) is 0 Å². The highest BCUT2D eigenvalue weighted by Gasteiger charge is 2.41. The number of ether oxygens (including phenoxy) is 2. The number of nitrogens with zero attached hydrogens (tertiary/aromatic N) is 2. The highest BCUT2D eigenvalue weighted by atomic mass is 16.7. The molecule has 1 N–H and O–H groups in total. The lowest BCUT2D eigenvalue weighted by Crippen LogP contribution is -2.46. The molecule has 0 saturated carbocycles. The van der Waals surface area contributed by atoms with Crippen LogP contribution in [-0.4, -0.2) is 41.2 Å². The van der Waals surface area contributed by atoms with Gasteiger partial charge in [0.15, 0.2) is 0 Å². The van der Waals surface area contributed by atoms with Crippen LogP contribution in [0.4, 0.5) is 4.79 Å². The molecule has 0 aliphatic carbocycles. The van der Waals surface area contributed by atoms with Crippen molar-refractivity contribution in [2.75, 3.05) is 19.7 Å². The van der Waals surface area contributed by atoms with Gasteiger partial charge in [0.2, 0.25) is 0 Å². The maximum absolute atomic E-state index is 14.5. The van der Waals surface area contributed by atoms with Gasteiger partial charge in [0.25, 0.3) is 11.5 Å². The number of aromatic nitrogens is 1. The van der Waals surface area contributed by atoms with E-state index in [2.05, 4.69) is 10.2 Å². The van der Waals surface area contributed by atoms with E-state index < -0.39 is 11.8 Å². The molecule has 1 unspecified atom stereocenters. The van der Waals surface area contributed by atoms with Crippen LogP contribution in [0.15, 0.2) is 120 Å². The number of piperidine rings is 1. The lowest BCUT2D eigenvalue weighted by molar-refractivity contribution is -0.0721. The van der Waals surface area contributed by atoms with E-state index in [4.69, 9.17) is 9.47 Å². The van der Waals surface area contributed by atoms with Crippen LogP contribution in [-0.2, 0) is 21.6 Å². The predicted octanol–water partition coefficient (Wildman–Crippen LogP) is 7.54. The van der Waals surface area contributed by atoms with Crippen LogP contribution in [0.25, 0.3) is 16.5 Å². The molecule has 1 saturated heterocycles. The molecule has 1 fully saturated rings. The number of carbonyl (C=O) groups excluding carboxylic acids is 2. The Morgan fingerprint density at radius 3 is 2.00 bits per heavy atom. The van der Waals surface area contributed by atoms with Gasteiger partial charge in [-0.05, 0) is 42.7 Å². The van der Waals surface area contributed by atoms with E-state index in [0.717, 1.165) is 11.1 Å². The molecule has 6 rings (SSSR count). The molecule has 4 aromatic carbocycles. The predicted molar refractivity (Wildman–Crippen MR) is 187 cm³/mol. The maximum atomic E-state index is 14.5. The summed E-state index contributed by atoms with van der Waals surface area (Å²) < 4.78 is 12.9. The van der Waals surface area contributed by atoms with Crippen LogP contribution >= 0.6 is 0 Å². The van der Waals surface area contributed by atoms with E-state index in [0.29, 0.717) is 66.6 Å². The van der Waals surface area contributed by atoms with Crippen molar-refractivity contribution in [1.82, 2.24) is 14.8 Å². The van der Waals surface area contributed by atoms with Crippen molar-refractivity contribution in [3.63, 3.8) is 0 Å². The number of likely N-dealkylation sites (tertiary alicyclic amines) is 1. The van der Waals surface area contributed by atoms with Crippen molar-refractivity contribution in [2.45, 2.75) is 51.3 Å². The Morgan fingerprint density at radius 2 is 1.38 bits per heavy atom. The van der Waals surface area contributed by atoms with Gasteiger partial charge in [-0.2, -0.15) is 0 Å². The Hall–Kier alpha value is -5.21. The molecule has 1 atom stereocenters. The normalized spacial score (nSPS) is 15.0. The minimum absolute atomic E-state index is 0.181. The third-order valence-electron chi connectivity index (χ3n) is 9.22. The Morgan fingerprint density at radius 1 is 0.792 bits per heavy atom. The van der Waals surface area contributed by atoms with Crippen molar-refractivity contribution in [3.8, 4) is 5.69 Å². The highest BCUT2D eigenvalue weighted by Crippen LogP contribution is 2.38. The molecule has 0 spiro atoms. The van der Waals surface area contributed by atoms with Gasteiger partial charge < -0.3 is 14.8 Å². The monoisotopic (exact) mass is 643 g/mol. The molecular formula is C40H41N3O5. The first-order chi connectivity index (χ1) is 23.4. The van der Waals surface area contributed by atoms with E-state index in [9.17, 15) is 14.4 Å². The maximum Gasteiger partial charge on any atom is 0.509 e. The van der Waals surface area contributed by atoms with Crippen molar-refractivity contribution >= 4 is 22.8 Å². The van der Waals surface area contributed by atoms with Gasteiger partial charge in [0.1, 0.15) is 5.60 Å². The SMILES string of the molecule is CCOC(=O)OC1(c2ccccc2)CCN(Cc2c(C(=O)NC(CC)c3ccccc3)c3ccccc3c(=O)n2-c2ccccc2)CC1. The second-order valence-corrected chi connectivity index (χ2v) is 12.1. The Balaban J connectivity index is 1.42. The minimum Gasteiger partial charge on any atom is -0.435 e. The number of hydrogen-bond donors (Lipinski definition) is 1. The fourth-order valence-corrected chi connectivity index (χ4v) is 6.77. The summed E-state index contributed by atoms with van der Waals surface area (Å²) in [5.74, 6) is -0.233. The molecule has 246 valence electrons. The van der Waals surface area contributed by atoms with Gasteiger partial charge >= 0.3 is 6.16 Å². The first kappa shape index (κ1) is 32.7. The summed E-state index contributed by atoms with van der Waals surface area (Å²) >= 11 is 0. The number of para-hydroxylation sites is 1. The number of fused-ring (bicyclic) bond motifs is 1. The van der Waals surface area contributed by atoms with Gasteiger partial charge in [-0.1, -0.05) is 104 Å². The Labute approximate surface area is 280 Å². The average Bonchev–Trinajstić information content (AvgIpc) is 3.13. The summed E-state index contributed by atoms with van der Waals surface area (Å²) in [6.45, 7) is 5.49.